The molecule has 1 aromatic heterocycles. The Bertz CT molecular complexity index is 638. The predicted molar refractivity (Wildman–Crippen MR) is 84.0 cm³/mol. The van der Waals surface area contributed by atoms with Crippen molar-refractivity contribution >= 4 is 17.5 Å². The zero-order valence-electron chi connectivity index (χ0n) is 12.6. The lowest BCUT2D eigenvalue weighted by molar-refractivity contribution is 0.0796. The van der Waals surface area contributed by atoms with Crippen molar-refractivity contribution in [1.82, 2.24) is 10.2 Å². The number of anilines is 1. The number of carbonyl (C=O) groups is 2. The molecule has 1 heterocycles. The summed E-state index contributed by atoms with van der Waals surface area (Å²) in [6, 6.07) is 10.1. The quantitative estimate of drug-likeness (QED) is 0.853. The zero-order chi connectivity index (χ0) is 15.9. The molecular weight excluding hydrogens is 282 g/mol. The van der Waals surface area contributed by atoms with Gasteiger partial charge in [0.2, 0.25) is 0 Å². The number of hydrogen-bond donors (Lipinski definition) is 2. The molecule has 0 atom stereocenters. The smallest absolute Gasteiger partial charge is 0.291 e. The van der Waals surface area contributed by atoms with Gasteiger partial charge in [0.05, 0.1) is 6.26 Å². The zero-order valence-corrected chi connectivity index (χ0v) is 12.6. The van der Waals surface area contributed by atoms with Crippen molar-refractivity contribution in [2.75, 3.05) is 32.5 Å². The van der Waals surface area contributed by atoms with Gasteiger partial charge in [0.1, 0.15) is 0 Å². The summed E-state index contributed by atoms with van der Waals surface area (Å²) >= 11 is 0. The molecule has 0 aliphatic rings. The largest absolute Gasteiger partial charge is 0.459 e. The van der Waals surface area contributed by atoms with E-state index in [0.717, 1.165) is 6.54 Å². The van der Waals surface area contributed by atoms with Crippen molar-refractivity contribution in [3.63, 3.8) is 0 Å². The summed E-state index contributed by atoms with van der Waals surface area (Å²) in [6.07, 6.45) is 1.44. The van der Waals surface area contributed by atoms with Crippen LogP contribution in [0, 0.1) is 0 Å². The highest BCUT2D eigenvalue weighted by Crippen LogP contribution is 2.14. The van der Waals surface area contributed by atoms with Gasteiger partial charge in [0.25, 0.3) is 11.8 Å². The van der Waals surface area contributed by atoms with Crippen LogP contribution in [-0.2, 0) is 0 Å². The molecule has 0 saturated heterocycles. The van der Waals surface area contributed by atoms with Crippen LogP contribution in [0.1, 0.15) is 20.9 Å². The van der Waals surface area contributed by atoms with E-state index in [2.05, 4.69) is 10.6 Å². The Kier molecular flexibility index (Phi) is 5.32. The molecule has 2 rings (SSSR count). The van der Waals surface area contributed by atoms with Crippen LogP contribution in [0.3, 0.4) is 0 Å². The number of benzene rings is 1. The van der Waals surface area contributed by atoms with Gasteiger partial charge in [-0.15, -0.1) is 0 Å². The van der Waals surface area contributed by atoms with Crippen LogP contribution in [0.5, 0.6) is 0 Å². The molecular formula is C16H19N3O3. The van der Waals surface area contributed by atoms with Gasteiger partial charge in [-0.2, -0.15) is 0 Å². The van der Waals surface area contributed by atoms with E-state index in [0.29, 0.717) is 17.8 Å². The minimum absolute atomic E-state index is 0.0932. The number of amides is 2. The third-order valence-electron chi connectivity index (χ3n) is 3.16. The van der Waals surface area contributed by atoms with E-state index in [-0.39, 0.29) is 17.6 Å². The Labute approximate surface area is 129 Å². The van der Waals surface area contributed by atoms with Crippen molar-refractivity contribution in [2.45, 2.75) is 0 Å². The molecule has 22 heavy (non-hydrogen) atoms. The Morgan fingerprint density at radius 2 is 2.05 bits per heavy atom. The molecule has 1 aromatic carbocycles. The van der Waals surface area contributed by atoms with Crippen molar-refractivity contribution in [3.05, 3.63) is 54.0 Å². The second-order valence-corrected chi connectivity index (χ2v) is 4.84. The number of hydrogen-bond acceptors (Lipinski definition) is 4. The van der Waals surface area contributed by atoms with E-state index in [1.807, 2.05) is 7.05 Å². The van der Waals surface area contributed by atoms with Gasteiger partial charge in [-0.05, 0) is 37.4 Å². The topological polar surface area (TPSA) is 74.6 Å². The molecule has 0 unspecified atom stereocenters. The number of rotatable bonds is 6. The van der Waals surface area contributed by atoms with E-state index in [9.17, 15) is 9.59 Å². The number of likely N-dealkylation sites (N-methyl/N-ethyl adjacent to an activating group) is 2. The van der Waals surface area contributed by atoms with Gasteiger partial charge in [-0.25, -0.2) is 0 Å². The molecule has 0 radical (unpaired) electrons. The standard InChI is InChI=1S/C16H19N3O3/c1-17-8-9-19(2)16(21)12-5-3-6-13(11-12)18-15(20)14-7-4-10-22-14/h3-7,10-11,17H,8-9H2,1-2H3,(H,18,20). The Morgan fingerprint density at radius 1 is 1.23 bits per heavy atom. The molecule has 0 aliphatic heterocycles. The van der Waals surface area contributed by atoms with Crippen LogP contribution in [-0.4, -0.2) is 43.9 Å². The Morgan fingerprint density at radius 3 is 2.73 bits per heavy atom. The molecule has 0 fully saturated rings. The fraction of sp³-hybridized carbons (Fsp3) is 0.250. The maximum atomic E-state index is 12.3. The summed E-state index contributed by atoms with van der Waals surface area (Å²) in [5.41, 5.74) is 1.07. The SMILES string of the molecule is CNCCN(C)C(=O)c1cccc(NC(=O)c2ccco2)c1. The molecule has 0 aliphatic carbocycles. The third kappa shape index (κ3) is 3.95. The first-order valence-corrected chi connectivity index (χ1v) is 6.97. The normalized spacial score (nSPS) is 10.3. The average Bonchev–Trinajstić information content (AvgIpc) is 3.06. The van der Waals surface area contributed by atoms with Crippen molar-refractivity contribution in [2.24, 2.45) is 0 Å². The van der Waals surface area contributed by atoms with Gasteiger partial charge in [0.15, 0.2) is 5.76 Å². The highest BCUT2D eigenvalue weighted by atomic mass is 16.3. The number of furan rings is 1. The summed E-state index contributed by atoms with van der Waals surface area (Å²) in [4.78, 5) is 25.8. The van der Waals surface area contributed by atoms with E-state index in [4.69, 9.17) is 4.42 Å². The van der Waals surface area contributed by atoms with Gasteiger partial charge in [-0.1, -0.05) is 6.07 Å². The minimum atomic E-state index is -0.349. The van der Waals surface area contributed by atoms with Crippen LogP contribution in [0.2, 0.25) is 0 Å². The number of nitrogens with one attached hydrogen (secondary N) is 2. The first-order chi connectivity index (χ1) is 10.6. The Balaban J connectivity index is 2.06. The lowest BCUT2D eigenvalue weighted by atomic mass is 10.1. The highest BCUT2D eigenvalue weighted by Gasteiger charge is 2.13. The first kappa shape index (κ1) is 15.8. The van der Waals surface area contributed by atoms with Crippen LogP contribution in [0.25, 0.3) is 0 Å². The summed E-state index contributed by atoms with van der Waals surface area (Å²) in [5.74, 6) is -0.217. The van der Waals surface area contributed by atoms with E-state index < -0.39 is 0 Å². The number of carbonyl (C=O) groups excluding carboxylic acids is 2. The van der Waals surface area contributed by atoms with Crippen molar-refractivity contribution < 1.29 is 14.0 Å². The maximum absolute atomic E-state index is 12.3. The summed E-state index contributed by atoms with van der Waals surface area (Å²) in [7, 11) is 3.58. The first-order valence-electron chi connectivity index (χ1n) is 6.97. The average molecular weight is 301 g/mol. The van der Waals surface area contributed by atoms with E-state index in [1.165, 1.54) is 6.26 Å². The van der Waals surface area contributed by atoms with Gasteiger partial charge in [0, 0.05) is 31.4 Å². The van der Waals surface area contributed by atoms with E-state index in [1.54, 1.807) is 48.3 Å². The lowest BCUT2D eigenvalue weighted by Gasteiger charge is -2.17. The van der Waals surface area contributed by atoms with Crippen molar-refractivity contribution in [1.29, 1.82) is 0 Å². The molecule has 0 bridgehead atoms. The molecule has 2 amide bonds. The molecule has 0 spiro atoms. The fourth-order valence-corrected chi connectivity index (χ4v) is 1.93. The number of nitrogens with zero attached hydrogens (tertiary/aromatic N) is 1. The van der Waals surface area contributed by atoms with E-state index >= 15 is 0 Å². The summed E-state index contributed by atoms with van der Waals surface area (Å²) < 4.78 is 5.03. The van der Waals surface area contributed by atoms with Gasteiger partial charge in [-0.3, -0.25) is 9.59 Å². The fourth-order valence-electron chi connectivity index (χ4n) is 1.93. The minimum Gasteiger partial charge on any atom is -0.459 e. The van der Waals surface area contributed by atoms with Crippen LogP contribution in [0.4, 0.5) is 5.69 Å². The molecule has 2 aromatic rings. The predicted octanol–water partition coefficient (Wildman–Crippen LogP) is 1.82. The molecule has 6 heteroatoms. The molecule has 0 saturated carbocycles. The molecule has 116 valence electrons. The van der Waals surface area contributed by atoms with Crippen molar-refractivity contribution in [3.8, 4) is 0 Å². The summed E-state index contributed by atoms with van der Waals surface area (Å²) in [5, 5.41) is 5.70. The van der Waals surface area contributed by atoms with Gasteiger partial charge < -0.3 is 20.0 Å². The second kappa shape index (κ2) is 7.42. The van der Waals surface area contributed by atoms with Crippen LogP contribution >= 0.6 is 0 Å². The Hall–Kier alpha value is -2.60. The van der Waals surface area contributed by atoms with Crippen LogP contribution < -0.4 is 10.6 Å². The third-order valence-corrected chi connectivity index (χ3v) is 3.16. The lowest BCUT2D eigenvalue weighted by Crippen LogP contribution is -2.32. The van der Waals surface area contributed by atoms with Gasteiger partial charge >= 0.3 is 0 Å². The highest BCUT2D eigenvalue weighted by molar-refractivity contribution is 6.03. The molecule has 6 nitrogen and oxygen atoms in total. The molecule has 2 N–H and O–H groups in total. The summed E-state index contributed by atoms with van der Waals surface area (Å²) in [6.45, 7) is 1.33. The second-order valence-electron chi connectivity index (χ2n) is 4.84. The monoisotopic (exact) mass is 301 g/mol. The maximum Gasteiger partial charge on any atom is 0.291 e. The van der Waals surface area contributed by atoms with Crippen LogP contribution in [0.15, 0.2) is 47.1 Å².